The average Bonchev–Trinajstić information content (AvgIpc) is 2.48. The highest BCUT2D eigenvalue weighted by Gasteiger charge is 2.22. The zero-order chi connectivity index (χ0) is 15.2. The number of para-hydroxylation sites is 1. The van der Waals surface area contributed by atoms with Gasteiger partial charge in [0.15, 0.2) is 0 Å². The minimum absolute atomic E-state index is 0.00228. The fourth-order valence-corrected chi connectivity index (χ4v) is 2.96. The van der Waals surface area contributed by atoms with E-state index in [0.717, 1.165) is 32.2 Å². The van der Waals surface area contributed by atoms with Gasteiger partial charge in [-0.15, -0.1) is 0 Å². The van der Waals surface area contributed by atoms with Gasteiger partial charge in [0.1, 0.15) is 0 Å². The lowest BCUT2D eigenvalue weighted by Crippen LogP contribution is -2.39. The number of anilines is 1. The van der Waals surface area contributed by atoms with Crippen molar-refractivity contribution in [1.82, 2.24) is 4.90 Å². The Morgan fingerprint density at radius 2 is 2.00 bits per heavy atom. The lowest BCUT2D eigenvalue weighted by molar-refractivity contribution is -0.116. The van der Waals surface area contributed by atoms with E-state index in [0.29, 0.717) is 29.2 Å². The summed E-state index contributed by atoms with van der Waals surface area (Å²) in [4.78, 5) is 14.3. The number of halogens is 1. The molecule has 0 radical (unpaired) electrons. The van der Waals surface area contributed by atoms with Gasteiger partial charge in [0.25, 0.3) is 0 Å². The van der Waals surface area contributed by atoms with Gasteiger partial charge >= 0.3 is 0 Å². The molecule has 0 heterocycles. The summed E-state index contributed by atoms with van der Waals surface area (Å²) in [6.45, 7) is 0.760. The molecule has 4 nitrogen and oxygen atoms in total. The topological polar surface area (TPSA) is 58.4 Å². The first kappa shape index (κ1) is 16.3. The van der Waals surface area contributed by atoms with Crippen LogP contribution in [-0.2, 0) is 4.79 Å². The first-order chi connectivity index (χ1) is 10.1. The Hall–Kier alpha value is -1.10. The Labute approximate surface area is 131 Å². The zero-order valence-corrected chi connectivity index (χ0v) is 13.3. The summed E-state index contributed by atoms with van der Waals surface area (Å²) in [7, 11) is 2.09. The second-order valence-electron chi connectivity index (χ2n) is 5.83. The summed E-state index contributed by atoms with van der Waals surface area (Å²) in [5.74, 6) is 0.00228. The molecule has 1 amide bonds. The van der Waals surface area contributed by atoms with Crippen LogP contribution >= 0.6 is 11.6 Å². The van der Waals surface area contributed by atoms with Crippen LogP contribution in [0.15, 0.2) is 24.3 Å². The van der Waals surface area contributed by atoms with E-state index in [4.69, 9.17) is 17.3 Å². The minimum Gasteiger partial charge on any atom is -0.328 e. The number of rotatable bonds is 5. The van der Waals surface area contributed by atoms with Crippen molar-refractivity contribution in [3.63, 3.8) is 0 Å². The predicted octanol–water partition coefficient (Wildman–Crippen LogP) is 2.87. The third-order valence-corrected chi connectivity index (χ3v) is 4.53. The normalized spacial score (nSPS) is 22.3. The van der Waals surface area contributed by atoms with Crippen LogP contribution in [0.3, 0.4) is 0 Å². The summed E-state index contributed by atoms with van der Waals surface area (Å²) in [6, 6.07) is 8.20. The molecule has 0 saturated heterocycles. The van der Waals surface area contributed by atoms with Crippen molar-refractivity contribution in [1.29, 1.82) is 0 Å². The fraction of sp³-hybridized carbons (Fsp3) is 0.562. The maximum absolute atomic E-state index is 12.0. The largest absolute Gasteiger partial charge is 0.328 e. The quantitative estimate of drug-likeness (QED) is 0.879. The van der Waals surface area contributed by atoms with E-state index in [1.807, 2.05) is 18.2 Å². The number of nitrogens with two attached hydrogens (primary N) is 1. The van der Waals surface area contributed by atoms with E-state index in [9.17, 15) is 4.79 Å². The molecule has 0 unspecified atom stereocenters. The monoisotopic (exact) mass is 309 g/mol. The number of hydrogen-bond acceptors (Lipinski definition) is 3. The van der Waals surface area contributed by atoms with Gasteiger partial charge in [0.05, 0.1) is 10.7 Å². The average molecular weight is 310 g/mol. The number of nitrogens with one attached hydrogen (secondary N) is 1. The number of carbonyl (C=O) groups is 1. The Balaban J connectivity index is 1.75. The molecule has 0 aliphatic heterocycles. The van der Waals surface area contributed by atoms with Crippen molar-refractivity contribution in [2.24, 2.45) is 5.73 Å². The molecule has 1 saturated carbocycles. The molecule has 0 atom stereocenters. The van der Waals surface area contributed by atoms with Crippen LogP contribution in [0.5, 0.6) is 0 Å². The van der Waals surface area contributed by atoms with E-state index in [1.165, 1.54) is 0 Å². The van der Waals surface area contributed by atoms with E-state index in [2.05, 4.69) is 17.3 Å². The van der Waals surface area contributed by atoms with Crippen LogP contribution in [0.2, 0.25) is 5.02 Å². The summed E-state index contributed by atoms with van der Waals surface area (Å²) in [5.41, 5.74) is 6.60. The van der Waals surface area contributed by atoms with E-state index in [-0.39, 0.29) is 5.91 Å². The maximum atomic E-state index is 12.0. The van der Waals surface area contributed by atoms with E-state index < -0.39 is 0 Å². The molecule has 21 heavy (non-hydrogen) atoms. The van der Waals surface area contributed by atoms with Gasteiger partial charge in [-0.2, -0.15) is 0 Å². The molecule has 2 rings (SSSR count). The Bertz CT molecular complexity index is 472. The molecule has 116 valence electrons. The third kappa shape index (κ3) is 4.99. The highest BCUT2D eigenvalue weighted by atomic mass is 35.5. The SMILES string of the molecule is CN(CCC(=O)Nc1ccccc1Cl)C1CCC(N)CC1. The smallest absolute Gasteiger partial charge is 0.225 e. The molecule has 0 bridgehead atoms. The summed E-state index contributed by atoms with van der Waals surface area (Å²) in [6.07, 6.45) is 4.90. The summed E-state index contributed by atoms with van der Waals surface area (Å²) >= 11 is 6.03. The van der Waals surface area contributed by atoms with Gasteiger partial charge in [-0.05, 0) is 44.9 Å². The number of benzene rings is 1. The molecule has 3 N–H and O–H groups in total. The molecule has 1 aromatic carbocycles. The van der Waals surface area contributed by atoms with Crippen molar-refractivity contribution in [2.75, 3.05) is 18.9 Å². The summed E-state index contributed by atoms with van der Waals surface area (Å²) in [5, 5.41) is 3.43. The molecule has 1 aliphatic carbocycles. The van der Waals surface area contributed by atoms with Crippen LogP contribution < -0.4 is 11.1 Å². The van der Waals surface area contributed by atoms with Crippen molar-refractivity contribution in [3.05, 3.63) is 29.3 Å². The highest BCUT2D eigenvalue weighted by molar-refractivity contribution is 6.33. The molecular weight excluding hydrogens is 286 g/mol. The lowest BCUT2D eigenvalue weighted by atomic mass is 9.91. The van der Waals surface area contributed by atoms with Crippen LogP contribution in [0.1, 0.15) is 32.1 Å². The van der Waals surface area contributed by atoms with Crippen LogP contribution in [0.4, 0.5) is 5.69 Å². The van der Waals surface area contributed by atoms with Crippen LogP contribution in [0.25, 0.3) is 0 Å². The lowest BCUT2D eigenvalue weighted by Gasteiger charge is -2.33. The molecule has 0 aromatic heterocycles. The first-order valence-electron chi connectivity index (χ1n) is 7.56. The van der Waals surface area contributed by atoms with Gasteiger partial charge in [-0.1, -0.05) is 23.7 Å². The predicted molar refractivity (Wildman–Crippen MR) is 87.6 cm³/mol. The molecule has 1 fully saturated rings. The second-order valence-corrected chi connectivity index (χ2v) is 6.23. The summed E-state index contributed by atoms with van der Waals surface area (Å²) < 4.78 is 0. The van der Waals surface area contributed by atoms with Crippen molar-refractivity contribution in [2.45, 2.75) is 44.2 Å². The van der Waals surface area contributed by atoms with Gasteiger partial charge < -0.3 is 16.0 Å². The highest BCUT2D eigenvalue weighted by Crippen LogP contribution is 2.22. The number of hydrogen-bond donors (Lipinski definition) is 2. The molecular formula is C16H24ClN3O. The molecule has 5 heteroatoms. The van der Waals surface area contributed by atoms with Gasteiger partial charge in [-0.3, -0.25) is 4.79 Å². The molecule has 1 aromatic rings. The molecule has 0 spiro atoms. The standard InChI is InChI=1S/C16H24ClN3O/c1-20(13-8-6-12(18)7-9-13)11-10-16(21)19-15-5-3-2-4-14(15)17/h2-5,12-13H,6-11,18H2,1H3,(H,19,21). The van der Waals surface area contributed by atoms with Crippen molar-refractivity contribution in [3.8, 4) is 0 Å². The third-order valence-electron chi connectivity index (χ3n) is 4.20. The Kier molecular flexibility index (Phi) is 6.03. The van der Waals surface area contributed by atoms with Gasteiger partial charge in [0.2, 0.25) is 5.91 Å². The minimum atomic E-state index is 0.00228. The zero-order valence-electron chi connectivity index (χ0n) is 12.5. The van der Waals surface area contributed by atoms with E-state index >= 15 is 0 Å². The molecule has 1 aliphatic rings. The van der Waals surface area contributed by atoms with Gasteiger partial charge in [-0.25, -0.2) is 0 Å². The van der Waals surface area contributed by atoms with Gasteiger partial charge in [0, 0.05) is 25.0 Å². The Morgan fingerprint density at radius 1 is 1.33 bits per heavy atom. The van der Waals surface area contributed by atoms with Crippen molar-refractivity contribution >= 4 is 23.2 Å². The second kappa shape index (κ2) is 7.78. The fourth-order valence-electron chi connectivity index (χ4n) is 2.78. The van der Waals surface area contributed by atoms with Crippen LogP contribution in [-0.4, -0.2) is 36.5 Å². The van der Waals surface area contributed by atoms with Crippen LogP contribution in [0, 0.1) is 0 Å². The van der Waals surface area contributed by atoms with Crippen molar-refractivity contribution < 1.29 is 4.79 Å². The van der Waals surface area contributed by atoms with E-state index in [1.54, 1.807) is 6.07 Å². The maximum Gasteiger partial charge on any atom is 0.225 e. The number of nitrogens with zero attached hydrogens (tertiary/aromatic N) is 1. The first-order valence-corrected chi connectivity index (χ1v) is 7.94. The number of amides is 1. The number of carbonyl (C=O) groups excluding carboxylic acids is 1. The Morgan fingerprint density at radius 3 is 2.67 bits per heavy atom.